The highest BCUT2D eigenvalue weighted by Crippen LogP contribution is 2.31. The van der Waals surface area contributed by atoms with Gasteiger partial charge in [0.2, 0.25) is 0 Å². The van der Waals surface area contributed by atoms with E-state index in [1.54, 1.807) is 11.3 Å². The van der Waals surface area contributed by atoms with E-state index in [9.17, 15) is 0 Å². The van der Waals surface area contributed by atoms with E-state index < -0.39 is 0 Å². The maximum atomic E-state index is 4.52. The number of aromatic nitrogens is 1. The van der Waals surface area contributed by atoms with Crippen molar-refractivity contribution < 1.29 is 0 Å². The summed E-state index contributed by atoms with van der Waals surface area (Å²) in [5, 5.41) is 6.83. The number of fused-ring (bicyclic) bond motifs is 1. The van der Waals surface area contributed by atoms with Crippen molar-refractivity contribution in [2.24, 2.45) is 0 Å². The van der Waals surface area contributed by atoms with E-state index >= 15 is 0 Å². The molecule has 0 spiro atoms. The quantitative estimate of drug-likeness (QED) is 0.779. The van der Waals surface area contributed by atoms with E-state index in [1.165, 1.54) is 21.2 Å². The summed E-state index contributed by atoms with van der Waals surface area (Å²) >= 11 is 1.79. The first-order chi connectivity index (χ1) is 9.29. The summed E-state index contributed by atoms with van der Waals surface area (Å²) in [6, 6.07) is 12.9. The van der Waals surface area contributed by atoms with Crippen LogP contribution in [-0.2, 0) is 0 Å². The Kier molecular flexibility index (Phi) is 3.32. The van der Waals surface area contributed by atoms with Gasteiger partial charge < -0.3 is 5.32 Å². The Morgan fingerprint density at radius 1 is 1.21 bits per heavy atom. The molecule has 0 fully saturated rings. The zero-order chi connectivity index (χ0) is 13.2. The molecule has 19 heavy (non-hydrogen) atoms. The monoisotopic (exact) mass is 268 g/mol. The van der Waals surface area contributed by atoms with Crippen molar-refractivity contribution in [1.82, 2.24) is 10.3 Å². The Morgan fingerprint density at radius 3 is 2.89 bits per heavy atom. The van der Waals surface area contributed by atoms with E-state index in [0.29, 0.717) is 0 Å². The Hall–Kier alpha value is -1.71. The molecule has 1 unspecified atom stereocenters. The van der Waals surface area contributed by atoms with Crippen molar-refractivity contribution >= 4 is 21.4 Å². The minimum Gasteiger partial charge on any atom is -0.308 e. The fourth-order valence-electron chi connectivity index (χ4n) is 2.42. The summed E-state index contributed by atoms with van der Waals surface area (Å²) in [5.74, 6) is 0. The molecule has 3 heteroatoms. The lowest BCUT2D eigenvalue weighted by molar-refractivity contribution is 0.675. The van der Waals surface area contributed by atoms with Crippen LogP contribution >= 0.6 is 11.3 Å². The second-order valence-electron chi connectivity index (χ2n) is 4.67. The molecule has 0 aliphatic heterocycles. The number of hydrogen-bond acceptors (Lipinski definition) is 3. The van der Waals surface area contributed by atoms with Crippen LogP contribution in [0.5, 0.6) is 0 Å². The van der Waals surface area contributed by atoms with Gasteiger partial charge in [-0.1, -0.05) is 18.2 Å². The van der Waals surface area contributed by atoms with Crippen LogP contribution in [0.15, 0.2) is 48.0 Å². The summed E-state index contributed by atoms with van der Waals surface area (Å²) in [6.07, 6.45) is 1.88. The molecule has 1 atom stereocenters. The maximum absolute atomic E-state index is 4.52. The first-order valence-corrected chi connectivity index (χ1v) is 7.23. The van der Waals surface area contributed by atoms with E-state index in [4.69, 9.17) is 0 Å². The van der Waals surface area contributed by atoms with Gasteiger partial charge in [-0.3, -0.25) is 4.98 Å². The first-order valence-electron chi connectivity index (χ1n) is 6.35. The van der Waals surface area contributed by atoms with Crippen LogP contribution in [-0.4, -0.2) is 12.0 Å². The topological polar surface area (TPSA) is 24.9 Å². The minimum absolute atomic E-state index is 0.141. The van der Waals surface area contributed by atoms with Gasteiger partial charge in [-0.05, 0) is 54.1 Å². The highest BCUT2D eigenvalue weighted by molar-refractivity contribution is 7.17. The molecular weight excluding hydrogens is 252 g/mol. The Bertz CT molecular complexity index is 703. The van der Waals surface area contributed by atoms with Gasteiger partial charge in [0.05, 0.1) is 11.7 Å². The van der Waals surface area contributed by atoms with Crippen LogP contribution in [0.3, 0.4) is 0 Å². The summed E-state index contributed by atoms with van der Waals surface area (Å²) in [6.45, 7) is 2.10. The molecule has 3 rings (SSSR count). The third-order valence-corrected chi connectivity index (χ3v) is 4.32. The van der Waals surface area contributed by atoms with Crippen LogP contribution in [0.25, 0.3) is 10.1 Å². The second kappa shape index (κ2) is 5.11. The van der Waals surface area contributed by atoms with E-state index in [-0.39, 0.29) is 6.04 Å². The highest BCUT2D eigenvalue weighted by atomic mass is 32.1. The average molecular weight is 268 g/mol. The van der Waals surface area contributed by atoms with Gasteiger partial charge in [0, 0.05) is 10.9 Å². The number of thiophene rings is 1. The number of hydrogen-bond donors (Lipinski definition) is 1. The molecule has 2 aromatic heterocycles. The van der Waals surface area contributed by atoms with Crippen LogP contribution in [0, 0.1) is 6.92 Å². The van der Waals surface area contributed by atoms with Gasteiger partial charge in [0.1, 0.15) is 0 Å². The van der Waals surface area contributed by atoms with E-state index in [1.807, 2.05) is 19.3 Å². The molecule has 1 N–H and O–H groups in total. The number of pyridine rings is 1. The standard InChI is InChI=1S/C16H16N2S/c1-11-6-8-18-14(10-11)15(17-2)13-5-3-4-12-7-9-19-16(12)13/h3-10,15,17H,1-2H3. The maximum Gasteiger partial charge on any atom is 0.0763 e. The molecule has 0 saturated heterocycles. The predicted molar refractivity (Wildman–Crippen MR) is 81.7 cm³/mol. The lowest BCUT2D eigenvalue weighted by atomic mass is 10.0. The number of nitrogens with zero attached hydrogens (tertiary/aromatic N) is 1. The molecule has 96 valence electrons. The molecule has 0 aliphatic carbocycles. The molecule has 2 heterocycles. The molecule has 0 aliphatic rings. The second-order valence-corrected chi connectivity index (χ2v) is 5.58. The van der Waals surface area contributed by atoms with Crippen LogP contribution in [0.4, 0.5) is 0 Å². The number of nitrogens with one attached hydrogen (secondary N) is 1. The molecule has 3 aromatic rings. The third-order valence-electron chi connectivity index (χ3n) is 3.34. The van der Waals surface area contributed by atoms with Crippen molar-refractivity contribution in [2.75, 3.05) is 7.05 Å². The summed E-state index contributed by atoms with van der Waals surface area (Å²) in [4.78, 5) is 4.52. The van der Waals surface area contributed by atoms with Gasteiger partial charge in [0.15, 0.2) is 0 Å². The summed E-state index contributed by atoms with van der Waals surface area (Å²) in [5.41, 5.74) is 3.61. The molecule has 0 radical (unpaired) electrons. The Labute approximate surface area is 117 Å². The van der Waals surface area contributed by atoms with Crippen molar-refractivity contribution in [3.8, 4) is 0 Å². The van der Waals surface area contributed by atoms with Gasteiger partial charge in [-0.15, -0.1) is 11.3 Å². The van der Waals surface area contributed by atoms with E-state index in [0.717, 1.165) is 5.69 Å². The van der Waals surface area contributed by atoms with Crippen LogP contribution < -0.4 is 5.32 Å². The van der Waals surface area contributed by atoms with Crippen LogP contribution in [0.1, 0.15) is 22.9 Å². The molecule has 0 amide bonds. The molecule has 1 aromatic carbocycles. The molecule has 2 nitrogen and oxygen atoms in total. The van der Waals surface area contributed by atoms with Crippen molar-refractivity contribution in [1.29, 1.82) is 0 Å². The van der Waals surface area contributed by atoms with E-state index in [2.05, 4.69) is 52.9 Å². The van der Waals surface area contributed by atoms with Gasteiger partial charge in [-0.25, -0.2) is 0 Å². The fourth-order valence-corrected chi connectivity index (χ4v) is 3.37. The van der Waals surface area contributed by atoms with Crippen molar-refractivity contribution in [3.63, 3.8) is 0 Å². The Balaban J connectivity index is 2.14. The van der Waals surface area contributed by atoms with Crippen molar-refractivity contribution in [2.45, 2.75) is 13.0 Å². The third kappa shape index (κ3) is 2.27. The fraction of sp³-hybridized carbons (Fsp3) is 0.188. The van der Waals surface area contributed by atoms with Crippen LogP contribution in [0.2, 0.25) is 0 Å². The molecule has 0 bridgehead atoms. The normalized spacial score (nSPS) is 12.7. The smallest absolute Gasteiger partial charge is 0.0763 e. The zero-order valence-corrected chi connectivity index (χ0v) is 11.9. The Morgan fingerprint density at radius 2 is 2.11 bits per heavy atom. The predicted octanol–water partition coefficient (Wildman–Crippen LogP) is 3.91. The number of aryl methyl sites for hydroxylation is 1. The van der Waals surface area contributed by atoms with Gasteiger partial charge in [-0.2, -0.15) is 0 Å². The number of benzene rings is 1. The zero-order valence-electron chi connectivity index (χ0n) is 11.1. The SMILES string of the molecule is CNC(c1cc(C)ccn1)c1cccc2ccsc12. The lowest BCUT2D eigenvalue weighted by Crippen LogP contribution is -2.19. The highest BCUT2D eigenvalue weighted by Gasteiger charge is 2.16. The van der Waals surface area contributed by atoms with Crippen molar-refractivity contribution in [3.05, 3.63) is 64.8 Å². The molecular formula is C16H16N2S. The van der Waals surface area contributed by atoms with Gasteiger partial charge >= 0.3 is 0 Å². The average Bonchev–Trinajstić information content (AvgIpc) is 2.89. The molecule has 0 saturated carbocycles. The van der Waals surface area contributed by atoms with Gasteiger partial charge in [0.25, 0.3) is 0 Å². The minimum atomic E-state index is 0.141. The lowest BCUT2D eigenvalue weighted by Gasteiger charge is -2.17. The largest absolute Gasteiger partial charge is 0.308 e. The summed E-state index contributed by atoms with van der Waals surface area (Å²) in [7, 11) is 1.99. The number of rotatable bonds is 3. The summed E-state index contributed by atoms with van der Waals surface area (Å²) < 4.78 is 1.34. The first kappa shape index (κ1) is 12.3.